The van der Waals surface area contributed by atoms with Gasteiger partial charge in [0, 0.05) is 6.04 Å². The summed E-state index contributed by atoms with van der Waals surface area (Å²) in [5.74, 6) is 0.858. The molecule has 0 aliphatic carbocycles. The fraction of sp³-hybridized carbons (Fsp3) is 0.333. The van der Waals surface area contributed by atoms with Gasteiger partial charge in [-0.3, -0.25) is 0 Å². The Kier molecular flexibility index (Phi) is 4.20. The SMILES string of the molecule is C=CCOc1ccc([C@H](N)CC)cc1. The summed E-state index contributed by atoms with van der Waals surface area (Å²) in [6, 6.07) is 8.02. The van der Waals surface area contributed by atoms with E-state index in [1.807, 2.05) is 24.3 Å². The van der Waals surface area contributed by atoms with Crippen molar-refractivity contribution < 1.29 is 4.74 Å². The maximum atomic E-state index is 5.89. The van der Waals surface area contributed by atoms with Crippen molar-refractivity contribution in [3.8, 4) is 5.75 Å². The van der Waals surface area contributed by atoms with Crippen molar-refractivity contribution in [2.75, 3.05) is 6.61 Å². The van der Waals surface area contributed by atoms with Gasteiger partial charge in [0.2, 0.25) is 0 Å². The van der Waals surface area contributed by atoms with E-state index >= 15 is 0 Å². The zero-order valence-corrected chi connectivity index (χ0v) is 8.57. The van der Waals surface area contributed by atoms with Gasteiger partial charge in [-0.05, 0) is 24.1 Å². The molecule has 2 heteroatoms. The Morgan fingerprint density at radius 3 is 2.57 bits per heavy atom. The van der Waals surface area contributed by atoms with E-state index in [1.54, 1.807) is 6.08 Å². The van der Waals surface area contributed by atoms with Gasteiger partial charge in [0.05, 0.1) is 0 Å². The summed E-state index contributed by atoms with van der Waals surface area (Å²) < 4.78 is 5.36. The van der Waals surface area contributed by atoms with Crippen LogP contribution in [0.25, 0.3) is 0 Å². The first-order valence-electron chi connectivity index (χ1n) is 4.87. The van der Waals surface area contributed by atoms with E-state index in [0.29, 0.717) is 6.61 Å². The van der Waals surface area contributed by atoms with Crippen LogP contribution in [0.5, 0.6) is 5.75 Å². The molecule has 0 aromatic heterocycles. The lowest BCUT2D eigenvalue weighted by atomic mass is 10.1. The van der Waals surface area contributed by atoms with Crippen molar-refractivity contribution in [1.82, 2.24) is 0 Å². The van der Waals surface area contributed by atoms with Gasteiger partial charge in [0.25, 0.3) is 0 Å². The summed E-state index contributed by atoms with van der Waals surface area (Å²) in [4.78, 5) is 0. The standard InChI is InChI=1S/C12H17NO/c1-3-9-14-11-7-5-10(6-8-11)12(13)4-2/h3,5-8,12H,1,4,9,13H2,2H3/t12-/m1/s1. The van der Waals surface area contributed by atoms with E-state index in [2.05, 4.69) is 13.5 Å². The van der Waals surface area contributed by atoms with Crippen molar-refractivity contribution in [2.24, 2.45) is 5.73 Å². The number of hydrogen-bond donors (Lipinski definition) is 1. The lowest BCUT2D eigenvalue weighted by molar-refractivity contribution is 0.363. The topological polar surface area (TPSA) is 35.2 Å². The highest BCUT2D eigenvalue weighted by molar-refractivity contribution is 5.29. The summed E-state index contributed by atoms with van der Waals surface area (Å²) in [6.45, 7) is 6.21. The molecule has 0 unspecified atom stereocenters. The van der Waals surface area contributed by atoms with Crippen LogP contribution in [-0.2, 0) is 0 Å². The van der Waals surface area contributed by atoms with Crippen LogP contribution < -0.4 is 10.5 Å². The van der Waals surface area contributed by atoms with Crippen LogP contribution in [-0.4, -0.2) is 6.61 Å². The highest BCUT2D eigenvalue weighted by Gasteiger charge is 2.02. The molecule has 0 heterocycles. The molecule has 2 nitrogen and oxygen atoms in total. The second-order valence-corrected chi connectivity index (χ2v) is 3.18. The average molecular weight is 191 g/mol. The van der Waals surface area contributed by atoms with Crippen LogP contribution in [0.1, 0.15) is 24.9 Å². The van der Waals surface area contributed by atoms with Crippen molar-refractivity contribution in [2.45, 2.75) is 19.4 Å². The summed E-state index contributed by atoms with van der Waals surface area (Å²) in [5.41, 5.74) is 7.04. The quantitative estimate of drug-likeness (QED) is 0.726. The number of nitrogens with two attached hydrogens (primary N) is 1. The average Bonchev–Trinajstić information content (AvgIpc) is 2.26. The minimum absolute atomic E-state index is 0.128. The molecule has 0 aliphatic heterocycles. The molecule has 0 bridgehead atoms. The van der Waals surface area contributed by atoms with Crippen molar-refractivity contribution in [3.05, 3.63) is 42.5 Å². The molecule has 1 atom stereocenters. The molecule has 0 saturated carbocycles. The van der Waals surface area contributed by atoms with Gasteiger partial charge < -0.3 is 10.5 Å². The molecule has 1 aromatic carbocycles. The van der Waals surface area contributed by atoms with Crippen LogP contribution >= 0.6 is 0 Å². The van der Waals surface area contributed by atoms with E-state index in [-0.39, 0.29) is 6.04 Å². The van der Waals surface area contributed by atoms with Crippen LogP contribution in [0.2, 0.25) is 0 Å². The Bertz CT molecular complexity index is 279. The molecule has 14 heavy (non-hydrogen) atoms. The third-order valence-corrected chi connectivity index (χ3v) is 2.12. The molecule has 1 rings (SSSR count). The number of hydrogen-bond acceptors (Lipinski definition) is 2. The van der Waals surface area contributed by atoms with Gasteiger partial charge in [-0.15, -0.1) is 0 Å². The highest BCUT2D eigenvalue weighted by Crippen LogP contribution is 2.17. The summed E-state index contributed by atoms with van der Waals surface area (Å²) >= 11 is 0. The smallest absolute Gasteiger partial charge is 0.119 e. The first-order chi connectivity index (χ1) is 6.77. The maximum Gasteiger partial charge on any atom is 0.119 e. The minimum atomic E-state index is 0.128. The number of benzene rings is 1. The fourth-order valence-corrected chi connectivity index (χ4v) is 1.20. The van der Waals surface area contributed by atoms with Crippen molar-refractivity contribution >= 4 is 0 Å². The van der Waals surface area contributed by atoms with Crippen LogP contribution in [0.3, 0.4) is 0 Å². The lowest BCUT2D eigenvalue weighted by Gasteiger charge is -2.09. The van der Waals surface area contributed by atoms with Crippen LogP contribution in [0.15, 0.2) is 36.9 Å². The second-order valence-electron chi connectivity index (χ2n) is 3.18. The first kappa shape index (κ1) is 10.8. The summed E-state index contributed by atoms with van der Waals surface area (Å²) in [7, 11) is 0. The van der Waals surface area contributed by atoms with Gasteiger partial charge in [-0.2, -0.15) is 0 Å². The molecule has 76 valence electrons. The number of ether oxygens (including phenoxy) is 1. The zero-order chi connectivity index (χ0) is 10.4. The Morgan fingerprint density at radius 2 is 2.07 bits per heavy atom. The molecule has 0 fully saturated rings. The van der Waals surface area contributed by atoms with Gasteiger partial charge in [-0.1, -0.05) is 31.7 Å². The van der Waals surface area contributed by atoms with E-state index < -0.39 is 0 Å². The third-order valence-electron chi connectivity index (χ3n) is 2.12. The third kappa shape index (κ3) is 2.89. The molecule has 0 aliphatic rings. The predicted octanol–water partition coefficient (Wildman–Crippen LogP) is 2.66. The van der Waals surface area contributed by atoms with E-state index in [9.17, 15) is 0 Å². The molecular weight excluding hydrogens is 174 g/mol. The highest BCUT2D eigenvalue weighted by atomic mass is 16.5. The largest absolute Gasteiger partial charge is 0.490 e. The molecule has 0 saturated heterocycles. The Labute approximate surface area is 85.4 Å². The normalized spacial score (nSPS) is 12.1. The molecular formula is C12H17NO. The van der Waals surface area contributed by atoms with Gasteiger partial charge in [-0.25, -0.2) is 0 Å². The molecule has 0 spiro atoms. The fourth-order valence-electron chi connectivity index (χ4n) is 1.20. The molecule has 1 aromatic rings. The molecule has 0 amide bonds. The summed E-state index contributed by atoms with van der Waals surface area (Å²) in [6.07, 6.45) is 2.68. The minimum Gasteiger partial charge on any atom is -0.490 e. The van der Waals surface area contributed by atoms with Crippen LogP contribution in [0.4, 0.5) is 0 Å². The Balaban J connectivity index is 2.63. The van der Waals surface area contributed by atoms with E-state index in [0.717, 1.165) is 17.7 Å². The van der Waals surface area contributed by atoms with E-state index in [4.69, 9.17) is 10.5 Å². The zero-order valence-electron chi connectivity index (χ0n) is 8.57. The van der Waals surface area contributed by atoms with Crippen molar-refractivity contribution in [1.29, 1.82) is 0 Å². The molecule has 2 N–H and O–H groups in total. The monoisotopic (exact) mass is 191 g/mol. The van der Waals surface area contributed by atoms with E-state index in [1.165, 1.54) is 0 Å². The Morgan fingerprint density at radius 1 is 1.43 bits per heavy atom. The lowest BCUT2D eigenvalue weighted by Crippen LogP contribution is -2.08. The first-order valence-corrected chi connectivity index (χ1v) is 4.87. The maximum absolute atomic E-state index is 5.89. The van der Waals surface area contributed by atoms with Gasteiger partial charge in [0.1, 0.15) is 12.4 Å². The molecule has 0 radical (unpaired) electrons. The van der Waals surface area contributed by atoms with Crippen LogP contribution in [0, 0.1) is 0 Å². The Hall–Kier alpha value is -1.28. The van der Waals surface area contributed by atoms with Crippen molar-refractivity contribution in [3.63, 3.8) is 0 Å². The van der Waals surface area contributed by atoms with Gasteiger partial charge in [0.15, 0.2) is 0 Å². The summed E-state index contributed by atoms with van der Waals surface area (Å²) in [5, 5.41) is 0. The second kappa shape index (κ2) is 5.45. The predicted molar refractivity (Wildman–Crippen MR) is 59.4 cm³/mol. The number of rotatable bonds is 5. The van der Waals surface area contributed by atoms with Gasteiger partial charge >= 0.3 is 0 Å².